The van der Waals surface area contributed by atoms with E-state index in [-0.39, 0.29) is 12.5 Å². The van der Waals surface area contributed by atoms with Gasteiger partial charge in [-0.05, 0) is 60.4 Å². The molecular formula is C26H26N4O4. The second-order valence-corrected chi connectivity index (χ2v) is 7.41. The van der Waals surface area contributed by atoms with Crippen LogP contribution in [0, 0.1) is 6.92 Å². The fourth-order valence-corrected chi connectivity index (χ4v) is 2.96. The number of nitrogens with zero attached hydrogens (tertiary/aromatic N) is 1. The van der Waals surface area contributed by atoms with Gasteiger partial charge in [0, 0.05) is 12.2 Å². The fourth-order valence-electron chi connectivity index (χ4n) is 2.96. The summed E-state index contributed by atoms with van der Waals surface area (Å²) in [5.74, 6) is -1.34. The molecule has 8 nitrogen and oxygen atoms in total. The molecule has 0 fully saturated rings. The molecule has 0 bridgehead atoms. The van der Waals surface area contributed by atoms with Crippen molar-refractivity contribution in [2.75, 3.05) is 18.5 Å². The number of para-hydroxylation sites is 1. The normalized spacial score (nSPS) is 10.5. The standard InChI is InChI=1S/C26H26N4O4/c1-19-7-5-6-10-23(19)29-24(31)18-34-22-13-11-21(12-14-22)17-28-30-26(33)25(32)27-16-15-20-8-3-2-4-9-20/h2-14,17H,15-16,18H2,1H3,(H,27,32)(H,29,31)(H,30,33)/b28-17-. The molecule has 0 aromatic heterocycles. The quantitative estimate of drug-likeness (QED) is 0.260. The van der Waals surface area contributed by atoms with E-state index in [2.05, 4.69) is 21.2 Å². The highest BCUT2D eigenvalue weighted by atomic mass is 16.5. The molecule has 0 aliphatic rings. The van der Waals surface area contributed by atoms with Crippen LogP contribution >= 0.6 is 0 Å². The molecule has 0 saturated heterocycles. The van der Waals surface area contributed by atoms with Gasteiger partial charge in [-0.25, -0.2) is 5.43 Å². The first kappa shape index (κ1) is 24.2. The van der Waals surface area contributed by atoms with Crippen molar-refractivity contribution in [2.45, 2.75) is 13.3 Å². The zero-order chi connectivity index (χ0) is 24.2. The van der Waals surface area contributed by atoms with Crippen LogP contribution in [-0.2, 0) is 20.8 Å². The molecule has 0 spiro atoms. The van der Waals surface area contributed by atoms with Crippen LogP contribution < -0.4 is 20.8 Å². The number of ether oxygens (including phenoxy) is 1. The van der Waals surface area contributed by atoms with Crippen molar-refractivity contribution in [3.8, 4) is 5.75 Å². The smallest absolute Gasteiger partial charge is 0.329 e. The van der Waals surface area contributed by atoms with E-state index < -0.39 is 11.8 Å². The van der Waals surface area contributed by atoms with Crippen molar-refractivity contribution in [3.63, 3.8) is 0 Å². The lowest BCUT2D eigenvalue weighted by molar-refractivity contribution is -0.139. The average Bonchev–Trinajstić information content (AvgIpc) is 2.85. The highest BCUT2D eigenvalue weighted by Gasteiger charge is 2.11. The summed E-state index contributed by atoms with van der Waals surface area (Å²) in [6.07, 6.45) is 2.04. The molecule has 8 heteroatoms. The summed E-state index contributed by atoms with van der Waals surface area (Å²) in [6.45, 7) is 2.14. The molecule has 0 radical (unpaired) electrons. The number of hydrogen-bond donors (Lipinski definition) is 3. The van der Waals surface area contributed by atoms with Crippen molar-refractivity contribution in [3.05, 3.63) is 95.6 Å². The van der Waals surface area contributed by atoms with Crippen molar-refractivity contribution in [2.24, 2.45) is 5.10 Å². The van der Waals surface area contributed by atoms with Crippen LogP contribution in [0.25, 0.3) is 0 Å². The van der Waals surface area contributed by atoms with Gasteiger partial charge in [-0.15, -0.1) is 0 Å². The van der Waals surface area contributed by atoms with E-state index in [0.717, 1.165) is 16.8 Å². The van der Waals surface area contributed by atoms with Gasteiger partial charge < -0.3 is 15.4 Å². The molecule has 174 valence electrons. The maximum Gasteiger partial charge on any atom is 0.329 e. The minimum absolute atomic E-state index is 0.128. The fraction of sp³-hybridized carbons (Fsp3) is 0.154. The molecule has 3 aromatic rings. The number of hydrogen-bond acceptors (Lipinski definition) is 5. The molecule has 3 N–H and O–H groups in total. The van der Waals surface area contributed by atoms with Crippen LogP contribution in [0.3, 0.4) is 0 Å². The molecule has 0 heterocycles. The maximum absolute atomic E-state index is 12.1. The monoisotopic (exact) mass is 458 g/mol. The topological polar surface area (TPSA) is 109 Å². The molecule has 3 amide bonds. The summed E-state index contributed by atoms with van der Waals surface area (Å²) < 4.78 is 5.50. The van der Waals surface area contributed by atoms with Gasteiger partial charge in [0.1, 0.15) is 5.75 Å². The Labute approximate surface area is 198 Å². The molecule has 3 rings (SSSR count). The SMILES string of the molecule is Cc1ccccc1NC(=O)COc1ccc(/C=N\NC(=O)C(=O)NCCc2ccccc2)cc1. The summed E-state index contributed by atoms with van der Waals surface area (Å²) in [7, 11) is 0. The van der Waals surface area contributed by atoms with Crippen LogP contribution in [0.15, 0.2) is 84.0 Å². The van der Waals surface area contributed by atoms with E-state index in [0.29, 0.717) is 24.3 Å². The third-order valence-electron chi connectivity index (χ3n) is 4.80. The van der Waals surface area contributed by atoms with Crippen LogP contribution in [0.2, 0.25) is 0 Å². The lowest BCUT2D eigenvalue weighted by Crippen LogP contribution is -2.38. The maximum atomic E-state index is 12.1. The minimum Gasteiger partial charge on any atom is -0.484 e. The third-order valence-corrected chi connectivity index (χ3v) is 4.80. The van der Waals surface area contributed by atoms with Gasteiger partial charge in [-0.2, -0.15) is 5.10 Å². The van der Waals surface area contributed by atoms with E-state index in [9.17, 15) is 14.4 Å². The molecule has 3 aromatic carbocycles. The summed E-state index contributed by atoms with van der Waals surface area (Å²) in [4.78, 5) is 35.7. The van der Waals surface area contributed by atoms with Crippen LogP contribution in [0.4, 0.5) is 5.69 Å². The van der Waals surface area contributed by atoms with Gasteiger partial charge in [-0.1, -0.05) is 48.5 Å². The lowest BCUT2D eigenvalue weighted by Gasteiger charge is -2.09. The average molecular weight is 459 g/mol. The van der Waals surface area contributed by atoms with Gasteiger partial charge in [0.05, 0.1) is 6.21 Å². The zero-order valence-corrected chi connectivity index (χ0v) is 18.8. The largest absolute Gasteiger partial charge is 0.484 e. The summed E-state index contributed by atoms with van der Waals surface area (Å²) in [5, 5.41) is 9.15. The molecule has 0 aliphatic carbocycles. The number of nitrogens with one attached hydrogen (secondary N) is 3. The summed E-state index contributed by atoms with van der Waals surface area (Å²) >= 11 is 0. The van der Waals surface area contributed by atoms with Crippen LogP contribution in [0.5, 0.6) is 5.75 Å². The number of carbonyl (C=O) groups excluding carboxylic acids is 3. The van der Waals surface area contributed by atoms with Gasteiger partial charge in [-0.3, -0.25) is 14.4 Å². The Morgan fingerprint density at radius 3 is 2.32 bits per heavy atom. The highest BCUT2D eigenvalue weighted by molar-refractivity contribution is 6.35. The molecule has 0 saturated carbocycles. The Balaban J connectivity index is 1.37. The van der Waals surface area contributed by atoms with Crippen molar-refractivity contribution in [1.82, 2.24) is 10.7 Å². The molecule has 0 unspecified atom stereocenters. The zero-order valence-electron chi connectivity index (χ0n) is 18.8. The molecule has 34 heavy (non-hydrogen) atoms. The Hall–Kier alpha value is -4.46. The van der Waals surface area contributed by atoms with Gasteiger partial charge >= 0.3 is 11.8 Å². The first-order chi connectivity index (χ1) is 16.5. The number of hydrazone groups is 1. The summed E-state index contributed by atoms with van der Waals surface area (Å²) in [6, 6.07) is 23.9. The molecule has 0 atom stereocenters. The third kappa shape index (κ3) is 7.90. The number of rotatable bonds is 9. The molecular weight excluding hydrogens is 432 g/mol. The van der Waals surface area contributed by atoms with E-state index >= 15 is 0 Å². The second kappa shape index (κ2) is 12.5. The Kier molecular flexibility index (Phi) is 8.92. The predicted octanol–water partition coefficient (Wildman–Crippen LogP) is 2.82. The number of aryl methyl sites for hydroxylation is 1. The van der Waals surface area contributed by atoms with E-state index in [1.807, 2.05) is 61.5 Å². The van der Waals surface area contributed by atoms with E-state index in [4.69, 9.17) is 4.74 Å². The minimum atomic E-state index is -0.844. The van der Waals surface area contributed by atoms with Crippen LogP contribution in [-0.4, -0.2) is 37.1 Å². The van der Waals surface area contributed by atoms with Crippen LogP contribution in [0.1, 0.15) is 16.7 Å². The lowest BCUT2D eigenvalue weighted by atomic mass is 10.1. The second-order valence-electron chi connectivity index (χ2n) is 7.41. The highest BCUT2D eigenvalue weighted by Crippen LogP contribution is 2.14. The van der Waals surface area contributed by atoms with E-state index in [1.165, 1.54) is 6.21 Å². The van der Waals surface area contributed by atoms with Gasteiger partial charge in [0.25, 0.3) is 5.91 Å². The number of benzene rings is 3. The Morgan fingerprint density at radius 2 is 1.59 bits per heavy atom. The molecule has 0 aliphatic heterocycles. The van der Waals surface area contributed by atoms with Crippen molar-refractivity contribution < 1.29 is 19.1 Å². The summed E-state index contributed by atoms with van der Waals surface area (Å²) in [5.41, 5.74) is 5.66. The van der Waals surface area contributed by atoms with Crippen molar-refractivity contribution in [1.29, 1.82) is 0 Å². The first-order valence-electron chi connectivity index (χ1n) is 10.7. The van der Waals surface area contributed by atoms with Gasteiger partial charge in [0.15, 0.2) is 6.61 Å². The Bertz CT molecular complexity index is 1140. The first-order valence-corrected chi connectivity index (χ1v) is 10.7. The number of amides is 3. The predicted molar refractivity (Wildman–Crippen MR) is 131 cm³/mol. The van der Waals surface area contributed by atoms with E-state index in [1.54, 1.807) is 24.3 Å². The van der Waals surface area contributed by atoms with Gasteiger partial charge in [0.2, 0.25) is 0 Å². The number of anilines is 1. The van der Waals surface area contributed by atoms with Crippen molar-refractivity contribution >= 4 is 29.6 Å². The Morgan fingerprint density at radius 1 is 0.882 bits per heavy atom. The number of carbonyl (C=O) groups is 3.